The summed E-state index contributed by atoms with van der Waals surface area (Å²) in [5, 5.41) is 0. The maximum atomic E-state index is 13.5. The molecule has 0 bridgehead atoms. The molecule has 0 unspecified atom stereocenters. The van der Waals surface area contributed by atoms with Crippen LogP contribution in [-0.2, 0) is 19.1 Å². The second kappa shape index (κ2) is 12.7. The first-order chi connectivity index (χ1) is 20.3. The van der Waals surface area contributed by atoms with Crippen LogP contribution in [0.15, 0.2) is 0 Å². The quantitative estimate of drug-likeness (QED) is 0.333. The number of likely N-dealkylation sites (N-methyl/N-ethyl adjacent to an activating group) is 1. The molecule has 0 spiro atoms. The van der Waals surface area contributed by atoms with Crippen LogP contribution in [0, 0.1) is 39.9 Å². The average Bonchev–Trinajstić information content (AvgIpc) is 3.26. The Kier molecular flexibility index (Phi) is 10.0. The molecule has 2 saturated heterocycles. The second-order valence-corrected chi connectivity index (χ2v) is 17.8. The third kappa shape index (κ3) is 6.06. The fourth-order valence-corrected chi connectivity index (χ4v) is 11.8. The molecular weight excluding hydrogens is 616 g/mol. The molecule has 10 atom stereocenters. The van der Waals surface area contributed by atoms with E-state index < -0.39 is 5.41 Å². The molecule has 0 aromatic carbocycles. The maximum absolute atomic E-state index is 13.5. The molecule has 252 valence electrons. The number of rotatable bonds is 4. The van der Waals surface area contributed by atoms with Crippen molar-refractivity contribution in [3.63, 3.8) is 0 Å². The molecule has 2 heterocycles. The van der Waals surface area contributed by atoms with E-state index in [0.717, 1.165) is 24.0 Å². The first-order valence-corrected chi connectivity index (χ1v) is 18.2. The van der Waals surface area contributed by atoms with Gasteiger partial charge >= 0.3 is 11.9 Å². The number of likely N-dealkylation sites (tertiary alicyclic amines) is 2. The molecule has 0 aromatic rings. The molecule has 6 rings (SSSR count). The number of quaternary nitrogens is 1. The zero-order chi connectivity index (χ0) is 30.8. The highest BCUT2D eigenvalue weighted by atomic mass is 79.9. The third-order valence-electron chi connectivity index (χ3n) is 14.3. The molecule has 4 aliphatic carbocycles. The van der Waals surface area contributed by atoms with Crippen LogP contribution in [0.5, 0.6) is 0 Å². The van der Waals surface area contributed by atoms with Crippen molar-refractivity contribution in [2.24, 2.45) is 39.9 Å². The molecule has 44 heavy (non-hydrogen) atoms. The smallest absolute Gasteiger partial charge is 0.311 e. The molecule has 6 aliphatic rings. The van der Waals surface area contributed by atoms with E-state index in [2.05, 4.69) is 25.8 Å². The predicted molar refractivity (Wildman–Crippen MR) is 170 cm³/mol. The molecule has 4 saturated carbocycles. The SMILES string of the molecule is CC(=O)O[C@H]1C[C@@H]2CC[C@@H]3[C@H](CC[C@]4(C)[C@H](OC(=O)C(C)(C)C)[C@@H]([N+]5(C)CCCCC5)C[C@@H]34)[C@@]2(C)C[C@@H]1N1CCCCC1.[Br-]. The number of esters is 2. The summed E-state index contributed by atoms with van der Waals surface area (Å²) in [5.74, 6) is 2.52. The Hall–Kier alpha value is -0.660. The van der Waals surface area contributed by atoms with Crippen LogP contribution < -0.4 is 17.0 Å². The van der Waals surface area contributed by atoms with Gasteiger partial charge < -0.3 is 30.9 Å². The standard InChI is InChI=1S/C37H63N2O4.BrH/c1-25(40)42-32-22-26-14-15-27-28(37(26,6)24-30(32)38-18-10-8-11-19-38)16-17-36(5)29(27)23-31(39(7)20-12-9-13-21-39)33(36)43-34(41)35(2,3)4;/h26-33H,8-24H2,1-7H3;1H/q+1;/p-1/t26-,27+,28-,29-,30-,31-,32-,33+,36-,37-;/m0./s1. The van der Waals surface area contributed by atoms with Crippen molar-refractivity contribution in [2.75, 3.05) is 33.2 Å². The van der Waals surface area contributed by atoms with Crippen LogP contribution in [-0.4, -0.2) is 78.8 Å². The lowest BCUT2D eigenvalue weighted by molar-refractivity contribution is -0.940. The van der Waals surface area contributed by atoms with E-state index in [1.54, 1.807) is 6.92 Å². The number of piperidine rings is 2. The minimum absolute atomic E-state index is 0. The van der Waals surface area contributed by atoms with Gasteiger partial charge in [0, 0.05) is 24.8 Å². The van der Waals surface area contributed by atoms with E-state index in [4.69, 9.17) is 9.47 Å². The van der Waals surface area contributed by atoms with E-state index in [-0.39, 0.29) is 52.0 Å². The van der Waals surface area contributed by atoms with Crippen molar-refractivity contribution in [3.05, 3.63) is 0 Å². The number of nitrogens with zero attached hydrogens (tertiary/aromatic N) is 2. The number of hydrogen-bond acceptors (Lipinski definition) is 5. The molecule has 0 N–H and O–H groups in total. The summed E-state index contributed by atoms with van der Waals surface area (Å²) in [7, 11) is 2.48. The van der Waals surface area contributed by atoms with Crippen LogP contribution in [0.2, 0.25) is 0 Å². The summed E-state index contributed by atoms with van der Waals surface area (Å²) in [6, 6.07) is 0.763. The molecule has 0 aromatic heterocycles. The van der Waals surface area contributed by atoms with Gasteiger partial charge in [0.15, 0.2) is 6.10 Å². The molecule has 6 fully saturated rings. The zero-order valence-corrected chi connectivity index (χ0v) is 30.6. The Morgan fingerprint density at radius 3 is 2.14 bits per heavy atom. The Bertz CT molecular complexity index is 1050. The number of fused-ring (bicyclic) bond motifs is 5. The second-order valence-electron chi connectivity index (χ2n) is 17.8. The van der Waals surface area contributed by atoms with Crippen molar-refractivity contribution in [1.29, 1.82) is 0 Å². The first kappa shape index (κ1) is 34.7. The van der Waals surface area contributed by atoms with Gasteiger partial charge in [-0.3, -0.25) is 14.5 Å². The summed E-state index contributed by atoms with van der Waals surface area (Å²) in [5.41, 5.74) is -0.148. The largest absolute Gasteiger partial charge is 1.00 e. The number of ether oxygens (including phenoxy) is 2. The van der Waals surface area contributed by atoms with E-state index in [9.17, 15) is 9.59 Å². The summed E-state index contributed by atoms with van der Waals surface area (Å²) >= 11 is 0. The number of halogens is 1. The molecule has 6 nitrogen and oxygen atoms in total. The van der Waals surface area contributed by atoms with Crippen molar-refractivity contribution in [3.8, 4) is 0 Å². The highest BCUT2D eigenvalue weighted by Gasteiger charge is 2.67. The molecule has 0 radical (unpaired) electrons. The number of hydrogen-bond donors (Lipinski definition) is 0. The molecular formula is C37H63BrN2O4. The lowest BCUT2D eigenvalue weighted by atomic mass is 9.44. The van der Waals surface area contributed by atoms with Gasteiger partial charge in [0.2, 0.25) is 0 Å². The molecule has 0 amide bonds. The van der Waals surface area contributed by atoms with Gasteiger partial charge in [0.25, 0.3) is 0 Å². The van der Waals surface area contributed by atoms with Gasteiger partial charge in [0.1, 0.15) is 12.1 Å². The Balaban J connectivity index is 0.00000384. The van der Waals surface area contributed by atoms with Gasteiger partial charge in [-0.1, -0.05) is 20.3 Å². The summed E-state index contributed by atoms with van der Waals surface area (Å²) in [6.07, 6.45) is 16.2. The van der Waals surface area contributed by atoms with Crippen LogP contribution in [0.4, 0.5) is 0 Å². The summed E-state index contributed by atoms with van der Waals surface area (Å²) in [6.45, 7) is 17.5. The van der Waals surface area contributed by atoms with Gasteiger partial charge in [-0.2, -0.15) is 0 Å². The van der Waals surface area contributed by atoms with E-state index >= 15 is 0 Å². The number of carbonyl (C=O) groups excluding carboxylic acids is 2. The van der Waals surface area contributed by atoms with Crippen molar-refractivity contribution >= 4 is 11.9 Å². The normalized spacial score (nSPS) is 43.9. The minimum atomic E-state index is -0.480. The van der Waals surface area contributed by atoms with E-state index in [0.29, 0.717) is 35.8 Å². The molecule has 7 heteroatoms. The lowest BCUT2D eigenvalue weighted by Gasteiger charge is -2.62. The van der Waals surface area contributed by atoms with Gasteiger partial charge in [-0.05, 0) is 134 Å². The zero-order valence-electron chi connectivity index (χ0n) is 29.0. The van der Waals surface area contributed by atoms with Crippen molar-refractivity contribution in [1.82, 2.24) is 4.90 Å². The Morgan fingerprint density at radius 1 is 0.841 bits per heavy atom. The van der Waals surface area contributed by atoms with Gasteiger partial charge in [-0.25, -0.2) is 0 Å². The average molecular weight is 680 g/mol. The minimum Gasteiger partial charge on any atom is -1.00 e. The monoisotopic (exact) mass is 678 g/mol. The lowest BCUT2D eigenvalue weighted by Crippen LogP contribution is -3.00. The highest BCUT2D eigenvalue weighted by Crippen LogP contribution is 2.68. The van der Waals surface area contributed by atoms with E-state index in [1.807, 2.05) is 20.8 Å². The Morgan fingerprint density at radius 2 is 1.50 bits per heavy atom. The fourth-order valence-electron chi connectivity index (χ4n) is 11.8. The highest BCUT2D eigenvalue weighted by molar-refractivity contribution is 5.75. The van der Waals surface area contributed by atoms with Crippen LogP contribution in [0.3, 0.4) is 0 Å². The third-order valence-corrected chi connectivity index (χ3v) is 14.3. The van der Waals surface area contributed by atoms with Crippen LogP contribution >= 0.6 is 0 Å². The van der Waals surface area contributed by atoms with Crippen molar-refractivity contribution < 1.29 is 40.5 Å². The van der Waals surface area contributed by atoms with Crippen LogP contribution in [0.1, 0.15) is 125 Å². The van der Waals surface area contributed by atoms with Gasteiger partial charge in [-0.15, -0.1) is 0 Å². The van der Waals surface area contributed by atoms with Crippen LogP contribution in [0.25, 0.3) is 0 Å². The predicted octanol–water partition coefficient (Wildman–Crippen LogP) is 4.00. The van der Waals surface area contributed by atoms with Crippen molar-refractivity contribution in [2.45, 2.75) is 149 Å². The summed E-state index contributed by atoms with van der Waals surface area (Å²) in [4.78, 5) is 28.5. The van der Waals surface area contributed by atoms with Gasteiger partial charge in [0.05, 0.1) is 25.6 Å². The molecule has 2 aliphatic heterocycles. The Labute approximate surface area is 279 Å². The first-order valence-electron chi connectivity index (χ1n) is 18.2. The topological polar surface area (TPSA) is 55.8 Å². The number of carbonyl (C=O) groups is 2. The summed E-state index contributed by atoms with van der Waals surface area (Å²) < 4.78 is 13.9. The fraction of sp³-hybridized carbons (Fsp3) is 0.946. The van der Waals surface area contributed by atoms with E-state index in [1.165, 1.54) is 90.1 Å². The maximum Gasteiger partial charge on any atom is 0.311 e.